The van der Waals surface area contributed by atoms with Crippen molar-refractivity contribution >= 4 is 27.7 Å². The number of piperidine rings is 1. The molecule has 1 aromatic rings. The van der Waals surface area contributed by atoms with Crippen LogP contribution in [0.25, 0.3) is 0 Å². The normalized spacial score (nSPS) is 17.1. The van der Waals surface area contributed by atoms with Crippen LogP contribution in [0.1, 0.15) is 39.2 Å². The molecule has 0 unspecified atom stereocenters. The molecule has 2 rings (SSSR count). The van der Waals surface area contributed by atoms with Gasteiger partial charge in [-0.1, -0.05) is 23.7 Å². The second kappa shape index (κ2) is 8.59. The number of rotatable bonds is 5. The Morgan fingerprint density at radius 1 is 1.23 bits per heavy atom. The zero-order valence-electron chi connectivity index (χ0n) is 15.5. The molecule has 1 heterocycles. The van der Waals surface area contributed by atoms with Crippen LogP contribution in [-0.2, 0) is 20.5 Å². The lowest BCUT2D eigenvalue weighted by molar-refractivity contribution is 0.0513. The van der Waals surface area contributed by atoms with Gasteiger partial charge in [0.2, 0.25) is 10.0 Å². The number of carbonyl (C=O) groups excluding carboxylic acids is 1. The van der Waals surface area contributed by atoms with Gasteiger partial charge in [0.15, 0.2) is 0 Å². The number of halogens is 1. The van der Waals surface area contributed by atoms with Crippen molar-refractivity contribution in [2.75, 3.05) is 19.6 Å². The summed E-state index contributed by atoms with van der Waals surface area (Å²) in [6, 6.07) is 6.86. The quantitative estimate of drug-likeness (QED) is 0.818. The van der Waals surface area contributed by atoms with Gasteiger partial charge in [-0.2, -0.15) is 0 Å². The van der Waals surface area contributed by atoms with E-state index in [1.807, 2.05) is 20.8 Å². The summed E-state index contributed by atoms with van der Waals surface area (Å²) in [5.74, 6) is 0.231. The third kappa shape index (κ3) is 6.78. The van der Waals surface area contributed by atoms with Crippen LogP contribution in [0.3, 0.4) is 0 Å². The predicted octanol–water partition coefficient (Wildman–Crippen LogP) is 3.41. The van der Waals surface area contributed by atoms with Crippen molar-refractivity contribution in [3.8, 4) is 0 Å². The van der Waals surface area contributed by atoms with Crippen LogP contribution in [0.2, 0.25) is 5.02 Å². The SMILES string of the molecule is CC(C)(C)OC(=O)NCC1CCN(S(=O)(=O)Cc2ccc(Cl)cc2)CC1. The first-order valence-electron chi connectivity index (χ1n) is 8.74. The first-order valence-corrected chi connectivity index (χ1v) is 10.7. The number of amides is 1. The lowest BCUT2D eigenvalue weighted by atomic mass is 9.98. The van der Waals surface area contributed by atoms with Gasteiger partial charge in [-0.25, -0.2) is 17.5 Å². The summed E-state index contributed by atoms with van der Waals surface area (Å²) in [6.07, 6.45) is 1.00. The van der Waals surface area contributed by atoms with E-state index in [1.54, 1.807) is 24.3 Å². The second-order valence-corrected chi connectivity index (χ2v) is 10.0. The molecule has 0 atom stereocenters. The summed E-state index contributed by atoms with van der Waals surface area (Å²) in [5.41, 5.74) is 0.200. The number of benzene rings is 1. The molecule has 1 N–H and O–H groups in total. The summed E-state index contributed by atoms with van der Waals surface area (Å²) in [4.78, 5) is 11.7. The summed E-state index contributed by atoms with van der Waals surface area (Å²) >= 11 is 5.84. The van der Waals surface area contributed by atoms with Crippen molar-refractivity contribution in [1.82, 2.24) is 9.62 Å². The van der Waals surface area contributed by atoms with Gasteiger partial charge in [-0.15, -0.1) is 0 Å². The van der Waals surface area contributed by atoms with Gasteiger partial charge >= 0.3 is 6.09 Å². The number of sulfonamides is 1. The fraction of sp³-hybridized carbons (Fsp3) is 0.611. The van der Waals surface area contributed by atoms with E-state index < -0.39 is 21.7 Å². The minimum absolute atomic E-state index is 0.0228. The van der Waals surface area contributed by atoms with Gasteiger partial charge in [0.1, 0.15) is 5.60 Å². The lowest BCUT2D eigenvalue weighted by Crippen LogP contribution is -2.42. The standard InChI is InChI=1S/C18H27ClN2O4S/c1-18(2,3)25-17(22)20-12-14-8-10-21(11-9-14)26(23,24)13-15-4-6-16(19)7-5-15/h4-7,14H,8-13H2,1-3H3,(H,20,22). The zero-order valence-corrected chi connectivity index (χ0v) is 17.1. The smallest absolute Gasteiger partial charge is 0.407 e. The highest BCUT2D eigenvalue weighted by molar-refractivity contribution is 7.88. The average Bonchev–Trinajstić information content (AvgIpc) is 2.54. The largest absolute Gasteiger partial charge is 0.444 e. The number of nitrogens with one attached hydrogen (secondary N) is 1. The van der Waals surface area contributed by atoms with E-state index in [9.17, 15) is 13.2 Å². The number of ether oxygens (including phenoxy) is 1. The van der Waals surface area contributed by atoms with Gasteiger partial charge < -0.3 is 10.1 Å². The number of alkyl carbamates (subject to hydrolysis) is 1. The summed E-state index contributed by atoms with van der Waals surface area (Å²) in [7, 11) is -3.35. The lowest BCUT2D eigenvalue weighted by Gasteiger charge is -2.31. The van der Waals surface area contributed by atoms with E-state index in [4.69, 9.17) is 16.3 Å². The molecule has 6 nitrogen and oxygen atoms in total. The monoisotopic (exact) mass is 402 g/mol. The Labute approximate surface area is 160 Å². The highest BCUT2D eigenvalue weighted by Gasteiger charge is 2.28. The second-order valence-electron chi connectivity index (χ2n) is 7.61. The van der Waals surface area contributed by atoms with Crippen LogP contribution < -0.4 is 5.32 Å². The molecule has 1 fully saturated rings. The molecule has 0 spiro atoms. The van der Waals surface area contributed by atoms with E-state index in [1.165, 1.54) is 4.31 Å². The zero-order chi connectivity index (χ0) is 19.4. The van der Waals surface area contributed by atoms with Gasteiger partial charge in [0.05, 0.1) is 5.75 Å². The first-order chi connectivity index (χ1) is 12.0. The van der Waals surface area contributed by atoms with Crippen LogP contribution in [0, 0.1) is 5.92 Å². The Morgan fingerprint density at radius 2 is 1.81 bits per heavy atom. The van der Waals surface area contributed by atoms with Crippen LogP contribution in [0.15, 0.2) is 24.3 Å². The maximum absolute atomic E-state index is 12.6. The summed E-state index contributed by atoms with van der Waals surface area (Å²) in [5, 5.41) is 3.35. The molecule has 1 amide bonds. The molecular weight excluding hydrogens is 376 g/mol. The Kier molecular flexibility index (Phi) is 6.93. The number of nitrogens with zero attached hydrogens (tertiary/aromatic N) is 1. The third-order valence-corrected chi connectivity index (χ3v) is 6.27. The van der Waals surface area contributed by atoms with E-state index >= 15 is 0 Å². The summed E-state index contributed by atoms with van der Waals surface area (Å²) < 4.78 is 31.9. The Hall–Kier alpha value is -1.31. The Morgan fingerprint density at radius 3 is 2.35 bits per heavy atom. The molecule has 1 aliphatic rings. The molecule has 1 aromatic carbocycles. The molecule has 1 saturated heterocycles. The Balaban J connectivity index is 1.80. The Bertz CT molecular complexity index is 706. The molecule has 0 aromatic heterocycles. The van der Waals surface area contributed by atoms with E-state index in [0.717, 1.165) is 18.4 Å². The van der Waals surface area contributed by atoms with Crippen molar-refractivity contribution in [2.45, 2.75) is 45.0 Å². The first kappa shape index (κ1) is 21.0. The van der Waals surface area contributed by atoms with Crippen LogP contribution in [-0.4, -0.2) is 44.1 Å². The maximum atomic E-state index is 12.6. The highest BCUT2D eigenvalue weighted by atomic mass is 35.5. The van der Waals surface area contributed by atoms with Crippen molar-refractivity contribution in [2.24, 2.45) is 5.92 Å². The minimum Gasteiger partial charge on any atom is -0.444 e. The van der Waals surface area contributed by atoms with Crippen molar-refractivity contribution in [3.63, 3.8) is 0 Å². The van der Waals surface area contributed by atoms with Crippen LogP contribution in [0.4, 0.5) is 4.79 Å². The van der Waals surface area contributed by atoms with Crippen molar-refractivity contribution < 1.29 is 17.9 Å². The van der Waals surface area contributed by atoms with Crippen molar-refractivity contribution in [3.05, 3.63) is 34.9 Å². The van der Waals surface area contributed by atoms with Crippen LogP contribution >= 0.6 is 11.6 Å². The van der Waals surface area contributed by atoms with Gasteiger partial charge in [-0.3, -0.25) is 0 Å². The van der Waals surface area contributed by atoms with Gasteiger partial charge in [-0.05, 0) is 57.2 Å². The number of carbonyl (C=O) groups is 1. The molecule has 0 aliphatic carbocycles. The number of hydrogen-bond donors (Lipinski definition) is 1. The molecule has 146 valence electrons. The predicted molar refractivity (Wildman–Crippen MR) is 103 cm³/mol. The topological polar surface area (TPSA) is 75.7 Å². The fourth-order valence-corrected chi connectivity index (χ4v) is 4.51. The molecule has 26 heavy (non-hydrogen) atoms. The van der Waals surface area contributed by atoms with Gasteiger partial charge in [0, 0.05) is 24.7 Å². The van der Waals surface area contributed by atoms with Crippen LogP contribution in [0.5, 0.6) is 0 Å². The molecular formula is C18H27ClN2O4S. The molecule has 1 aliphatic heterocycles. The molecule has 0 bridgehead atoms. The molecule has 0 radical (unpaired) electrons. The summed E-state index contributed by atoms with van der Waals surface area (Å²) in [6.45, 7) is 6.89. The minimum atomic E-state index is -3.35. The molecule has 0 saturated carbocycles. The average molecular weight is 403 g/mol. The number of hydrogen-bond acceptors (Lipinski definition) is 4. The molecule has 8 heteroatoms. The highest BCUT2D eigenvalue weighted by Crippen LogP contribution is 2.22. The van der Waals surface area contributed by atoms with E-state index in [-0.39, 0.29) is 11.7 Å². The third-order valence-electron chi connectivity index (χ3n) is 4.16. The maximum Gasteiger partial charge on any atom is 0.407 e. The fourth-order valence-electron chi connectivity index (χ4n) is 2.82. The van der Waals surface area contributed by atoms with E-state index in [0.29, 0.717) is 24.7 Å². The van der Waals surface area contributed by atoms with E-state index in [2.05, 4.69) is 5.32 Å². The van der Waals surface area contributed by atoms with Gasteiger partial charge in [0.25, 0.3) is 0 Å². The van der Waals surface area contributed by atoms with Crippen molar-refractivity contribution in [1.29, 1.82) is 0 Å².